The molecule has 1 aliphatic heterocycles. The van der Waals surface area contributed by atoms with Crippen molar-refractivity contribution < 1.29 is 23.7 Å². The fourth-order valence-electron chi connectivity index (χ4n) is 3.06. The molecule has 1 saturated heterocycles. The summed E-state index contributed by atoms with van der Waals surface area (Å²) in [5.41, 5.74) is 0. The molecule has 0 unspecified atom stereocenters. The molecule has 0 aromatic rings. The Hall–Kier alpha value is -0.200. The van der Waals surface area contributed by atoms with Gasteiger partial charge >= 0.3 is 0 Å². The summed E-state index contributed by atoms with van der Waals surface area (Å²) in [5, 5.41) is 0. The monoisotopic (exact) mass is 290 g/mol. The molecule has 5 heteroatoms. The van der Waals surface area contributed by atoms with Gasteiger partial charge < -0.3 is 23.7 Å². The van der Waals surface area contributed by atoms with E-state index in [1.165, 1.54) is 0 Å². The van der Waals surface area contributed by atoms with Crippen LogP contribution in [0.5, 0.6) is 0 Å². The van der Waals surface area contributed by atoms with E-state index in [9.17, 15) is 0 Å². The predicted molar refractivity (Wildman–Crippen MR) is 75.8 cm³/mol. The van der Waals surface area contributed by atoms with Gasteiger partial charge in [-0.1, -0.05) is 0 Å². The van der Waals surface area contributed by atoms with E-state index < -0.39 is 28.9 Å². The van der Waals surface area contributed by atoms with Gasteiger partial charge in [0.15, 0.2) is 28.9 Å². The van der Waals surface area contributed by atoms with Gasteiger partial charge in [-0.25, -0.2) is 0 Å². The molecule has 1 rings (SSSR count). The first-order valence-corrected chi connectivity index (χ1v) is 7.04. The number of rotatable bonds is 0. The Kier molecular flexibility index (Phi) is 4.39. The quantitative estimate of drug-likeness (QED) is 0.679. The minimum atomic E-state index is -0.865. The maximum Gasteiger partial charge on any atom is 0.169 e. The van der Waals surface area contributed by atoms with Crippen LogP contribution in [-0.2, 0) is 23.7 Å². The van der Waals surface area contributed by atoms with E-state index in [2.05, 4.69) is 0 Å². The Bertz CT molecular complexity index is 254. The SMILES string of the molecule is CC1(C)OC(C)(C)OC(C)(C)OC(C)(C)OC(C)(C)O1. The first-order chi connectivity index (χ1) is 8.54. The Morgan fingerprint density at radius 1 is 0.300 bits per heavy atom. The molecule has 0 aromatic heterocycles. The van der Waals surface area contributed by atoms with E-state index in [4.69, 9.17) is 23.7 Å². The maximum atomic E-state index is 5.94. The van der Waals surface area contributed by atoms with E-state index in [1.54, 1.807) is 0 Å². The second-order valence-corrected chi connectivity index (χ2v) is 7.51. The number of hydrogen-bond acceptors (Lipinski definition) is 5. The molecule has 0 bridgehead atoms. The number of hydrogen-bond donors (Lipinski definition) is 0. The molecule has 120 valence electrons. The molecule has 1 aliphatic rings. The molecule has 1 fully saturated rings. The standard InChI is InChI=1S/C15H30O5/c1-11(2)16-12(3,4)18-14(7,8)20-15(9,10)19-13(5,6)17-11/h1-10H3. The summed E-state index contributed by atoms with van der Waals surface area (Å²) in [6, 6.07) is 0. The van der Waals surface area contributed by atoms with Crippen LogP contribution < -0.4 is 0 Å². The van der Waals surface area contributed by atoms with E-state index in [0.717, 1.165) is 0 Å². The Labute approximate surface area is 122 Å². The molecular weight excluding hydrogens is 260 g/mol. The molecule has 0 N–H and O–H groups in total. The lowest BCUT2D eigenvalue weighted by Crippen LogP contribution is -2.55. The van der Waals surface area contributed by atoms with Crippen LogP contribution in [0.3, 0.4) is 0 Å². The van der Waals surface area contributed by atoms with Gasteiger partial charge in [0.2, 0.25) is 0 Å². The third kappa shape index (κ3) is 5.66. The number of ether oxygens (including phenoxy) is 5. The minimum absolute atomic E-state index is 0.865. The Balaban J connectivity index is 3.15. The maximum absolute atomic E-state index is 5.94. The van der Waals surface area contributed by atoms with Crippen molar-refractivity contribution in [1.29, 1.82) is 0 Å². The zero-order chi connectivity index (χ0) is 16.0. The van der Waals surface area contributed by atoms with Crippen LogP contribution in [0.25, 0.3) is 0 Å². The molecule has 0 aliphatic carbocycles. The third-order valence-corrected chi connectivity index (χ3v) is 2.46. The summed E-state index contributed by atoms with van der Waals surface area (Å²) >= 11 is 0. The second-order valence-electron chi connectivity index (χ2n) is 7.51. The summed E-state index contributed by atoms with van der Waals surface area (Å²) in [6.45, 7) is 18.4. The molecule has 0 saturated carbocycles. The van der Waals surface area contributed by atoms with Crippen LogP contribution >= 0.6 is 0 Å². The fraction of sp³-hybridized carbons (Fsp3) is 1.00. The van der Waals surface area contributed by atoms with Gasteiger partial charge in [0.05, 0.1) is 0 Å². The van der Waals surface area contributed by atoms with Gasteiger partial charge in [0, 0.05) is 0 Å². The molecule has 0 spiro atoms. The summed E-state index contributed by atoms with van der Waals surface area (Å²) < 4.78 is 29.7. The molecule has 0 atom stereocenters. The zero-order valence-corrected chi connectivity index (χ0v) is 14.5. The van der Waals surface area contributed by atoms with Crippen molar-refractivity contribution in [2.75, 3.05) is 0 Å². The van der Waals surface area contributed by atoms with Gasteiger partial charge in [0.1, 0.15) is 0 Å². The average molecular weight is 290 g/mol. The Morgan fingerprint density at radius 3 is 0.500 bits per heavy atom. The van der Waals surface area contributed by atoms with Crippen LogP contribution in [0.2, 0.25) is 0 Å². The second kappa shape index (κ2) is 4.92. The predicted octanol–water partition coefficient (Wildman–Crippen LogP) is 3.76. The Morgan fingerprint density at radius 2 is 0.400 bits per heavy atom. The first kappa shape index (κ1) is 17.9. The average Bonchev–Trinajstić information content (AvgIpc) is 1.84. The molecule has 0 amide bonds. The van der Waals surface area contributed by atoms with E-state index in [-0.39, 0.29) is 0 Å². The molecule has 5 nitrogen and oxygen atoms in total. The minimum Gasteiger partial charge on any atom is -0.319 e. The van der Waals surface area contributed by atoms with E-state index >= 15 is 0 Å². The summed E-state index contributed by atoms with van der Waals surface area (Å²) in [7, 11) is 0. The lowest BCUT2D eigenvalue weighted by Gasteiger charge is -2.48. The molecule has 0 radical (unpaired) electrons. The smallest absolute Gasteiger partial charge is 0.169 e. The highest BCUT2D eigenvalue weighted by molar-refractivity contribution is 4.74. The summed E-state index contributed by atoms with van der Waals surface area (Å²) in [5.74, 6) is -4.32. The zero-order valence-electron chi connectivity index (χ0n) is 14.5. The lowest BCUT2D eigenvalue weighted by molar-refractivity contribution is -0.483. The van der Waals surface area contributed by atoms with Crippen LogP contribution in [0.1, 0.15) is 69.2 Å². The molecular formula is C15H30O5. The normalized spacial score (nSPS) is 31.5. The van der Waals surface area contributed by atoms with Crippen molar-refractivity contribution in [3.63, 3.8) is 0 Å². The van der Waals surface area contributed by atoms with Crippen LogP contribution in [0, 0.1) is 0 Å². The van der Waals surface area contributed by atoms with Crippen LogP contribution in [0.15, 0.2) is 0 Å². The van der Waals surface area contributed by atoms with Crippen molar-refractivity contribution in [1.82, 2.24) is 0 Å². The van der Waals surface area contributed by atoms with E-state index in [0.29, 0.717) is 0 Å². The van der Waals surface area contributed by atoms with Gasteiger partial charge in [-0.15, -0.1) is 0 Å². The van der Waals surface area contributed by atoms with Crippen LogP contribution in [-0.4, -0.2) is 28.9 Å². The van der Waals surface area contributed by atoms with Gasteiger partial charge in [-0.3, -0.25) is 0 Å². The lowest BCUT2D eigenvalue weighted by atomic mass is 10.2. The summed E-state index contributed by atoms with van der Waals surface area (Å²) in [4.78, 5) is 0. The molecule has 20 heavy (non-hydrogen) atoms. The topological polar surface area (TPSA) is 46.2 Å². The molecule has 0 aromatic carbocycles. The van der Waals surface area contributed by atoms with Gasteiger partial charge in [0.25, 0.3) is 0 Å². The largest absolute Gasteiger partial charge is 0.319 e. The van der Waals surface area contributed by atoms with Crippen molar-refractivity contribution in [2.24, 2.45) is 0 Å². The highest BCUT2D eigenvalue weighted by Crippen LogP contribution is 2.37. The van der Waals surface area contributed by atoms with Crippen molar-refractivity contribution in [3.05, 3.63) is 0 Å². The fourth-order valence-corrected chi connectivity index (χ4v) is 3.06. The van der Waals surface area contributed by atoms with Crippen molar-refractivity contribution >= 4 is 0 Å². The first-order valence-electron chi connectivity index (χ1n) is 7.04. The third-order valence-electron chi connectivity index (χ3n) is 2.46. The molecule has 1 heterocycles. The van der Waals surface area contributed by atoms with Gasteiger partial charge in [-0.2, -0.15) is 0 Å². The highest BCUT2D eigenvalue weighted by atomic mass is 16.9. The van der Waals surface area contributed by atoms with Gasteiger partial charge in [-0.05, 0) is 69.2 Å². The summed E-state index contributed by atoms with van der Waals surface area (Å²) in [6.07, 6.45) is 0. The van der Waals surface area contributed by atoms with Crippen LogP contribution in [0.4, 0.5) is 0 Å². The van der Waals surface area contributed by atoms with Crippen molar-refractivity contribution in [3.8, 4) is 0 Å². The van der Waals surface area contributed by atoms with E-state index in [1.807, 2.05) is 69.2 Å². The van der Waals surface area contributed by atoms with Crippen molar-refractivity contribution in [2.45, 2.75) is 98.2 Å². The highest BCUT2D eigenvalue weighted by Gasteiger charge is 2.45.